The Labute approximate surface area is 236 Å². The van der Waals surface area contributed by atoms with Crippen LogP contribution in [0.3, 0.4) is 0 Å². The molecular formula is C26H26Cl2N4O6S. The molecule has 0 aliphatic carbocycles. The number of rotatable bonds is 11. The number of hydrogen-bond acceptors (Lipinski definition) is 6. The van der Waals surface area contributed by atoms with Crippen molar-refractivity contribution in [1.29, 1.82) is 0 Å². The summed E-state index contributed by atoms with van der Waals surface area (Å²) in [6.45, 7) is -0.931. The van der Waals surface area contributed by atoms with Crippen LogP contribution in [0.2, 0.25) is 10.0 Å². The van der Waals surface area contributed by atoms with Gasteiger partial charge in [-0.05, 0) is 23.8 Å². The Balaban J connectivity index is 2.09. The van der Waals surface area contributed by atoms with E-state index in [-0.39, 0.29) is 34.4 Å². The summed E-state index contributed by atoms with van der Waals surface area (Å²) in [5.41, 5.74) is 0.709. The third-order valence-electron chi connectivity index (χ3n) is 5.92. The van der Waals surface area contributed by atoms with Gasteiger partial charge in [0.05, 0.1) is 16.9 Å². The highest BCUT2D eigenvalue weighted by Gasteiger charge is 2.33. The van der Waals surface area contributed by atoms with E-state index in [1.807, 2.05) is 6.07 Å². The first kappa shape index (κ1) is 29.9. The summed E-state index contributed by atoms with van der Waals surface area (Å²) in [7, 11) is -2.65. The first-order chi connectivity index (χ1) is 18.4. The van der Waals surface area contributed by atoms with Gasteiger partial charge < -0.3 is 10.2 Å². The number of nitrogens with zero attached hydrogens (tertiary/aromatic N) is 3. The minimum absolute atomic E-state index is 0.0738. The van der Waals surface area contributed by atoms with Crippen LogP contribution in [0, 0.1) is 10.1 Å². The Morgan fingerprint density at radius 1 is 1.00 bits per heavy atom. The molecule has 1 atom stereocenters. The fourth-order valence-electron chi connectivity index (χ4n) is 3.95. The average molecular weight is 593 g/mol. The molecule has 0 bridgehead atoms. The lowest BCUT2D eigenvalue weighted by Gasteiger charge is -2.33. The lowest BCUT2D eigenvalue weighted by molar-refractivity contribution is -0.384. The number of amides is 2. The molecule has 0 saturated heterocycles. The molecule has 1 N–H and O–H groups in total. The molecule has 0 aliphatic rings. The van der Waals surface area contributed by atoms with Crippen LogP contribution in [0.1, 0.15) is 11.1 Å². The molecule has 10 nitrogen and oxygen atoms in total. The number of nitrogens with one attached hydrogen (secondary N) is 1. The van der Waals surface area contributed by atoms with E-state index in [1.165, 1.54) is 30.1 Å². The number of benzene rings is 3. The number of non-ortho nitro benzene ring substituents is 1. The molecule has 0 aromatic heterocycles. The van der Waals surface area contributed by atoms with Gasteiger partial charge in [-0.3, -0.25) is 24.0 Å². The third kappa shape index (κ3) is 7.69. The van der Waals surface area contributed by atoms with E-state index in [9.17, 15) is 28.1 Å². The summed E-state index contributed by atoms with van der Waals surface area (Å²) in [5.74, 6) is -1.23. The number of carbonyl (C=O) groups is 2. The van der Waals surface area contributed by atoms with E-state index >= 15 is 0 Å². The van der Waals surface area contributed by atoms with E-state index in [1.54, 1.807) is 42.5 Å². The summed E-state index contributed by atoms with van der Waals surface area (Å²) >= 11 is 12.8. The highest BCUT2D eigenvalue weighted by Crippen LogP contribution is 2.28. The Morgan fingerprint density at radius 3 is 2.18 bits per heavy atom. The average Bonchev–Trinajstić information content (AvgIpc) is 2.90. The van der Waals surface area contributed by atoms with Crippen LogP contribution in [-0.2, 0) is 32.6 Å². The predicted molar refractivity (Wildman–Crippen MR) is 150 cm³/mol. The number of halogens is 2. The zero-order valence-corrected chi connectivity index (χ0v) is 23.4. The molecular weight excluding hydrogens is 567 g/mol. The summed E-state index contributed by atoms with van der Waals surface area (Å²) < 4.78 is 26.3. The molecule has 0 aliphatic heterocycles. The molecule has 206 valence electrons. The second kappa shape index (κ2) is 12.9. The zero-order valence-electron chi connectivity index (χ0n) is 21.1. The molecule has 3 rings (SSSR count). The molecule has 1 unspecified atom stereocenters. The second-order valence-corrected chi connectivity index (χ2v) is 11.3. The SMILES string of the molecule is CNC(=O)C(Cc1ccccc1)N(Cc1c(Cl)cccc1Cl)C(=O)CN(c1cccc([N+](=O)[O-])c1)S(C)(=O)=O. The standard InChI is InChI=1S/C26H26Cl2N4O6S/c1-29-26(34)24(14-18-8-4-3-5-9-18)30(16-21-22(27)12-7-13-23(21)28)25(33)17-31(39(2,37)38)19-10-6-11-20(15-19)32(35)36/h3-13,15,24H,14,16-17H2,1-2H3,(H,29,34). The zero-order chi connectivity index (χ0) is 28.7. The van der Waals surface area contributed by atoms with Crippen molar-refractivity contribution in [3.8, 4) is 0 Å². The van der Waals surface area contributed by atoms with Crippen molar-refractivity contribution >= 4 is 56.4 Å². The van der Waals surface area contributed by atoms with Crippen molar-refractivity contribution in [2.75, 3.05) is 24.2 Å². The van der Waals surface area contributed by atoms with Crippen LogP contribution in [-0.4, -0.2) is 55.9 Å². The van der Waals surface area contributed by atoms with Gasteiger partial charge in [-0.25, -0.2) is 8.42 Å². The van der Waals surface area contributed by atoms with Gasteiger partial charge in [-0.1, -0.05) is 65.7 Å². The van der Waals surface area contributed by atoms with Crippen LogP contribution < -0.4 is 9.62 Å². The molecule has 0 spiro atoms. The number of hydrogen-bond donors (Lipinski definition) is 1. The maximum Gasteiger partial charge on any atom is 0.271 e. The van der Waals surface area contributed by atoms with E-state index in [4.69, 9.17) is 23.2 Å². The summed E-state index contributed by atoms with van der Waals surface area (Å²) in [4.78, 5) is 38.8. The molecule has 3 aromatic carbocycles. The number of anilines is 1. The Morgan fingerprint density at radius 2 is 1.62 bits per heavy atom. The minimum atomic E-state index is -4.08. The molecule has 2 amide bonds. The minimum Gasteiger partial charge on any atom is -0.357 e. The van der Waals surface area contributed by atoms with Gasteiger partial charge in [-0.15, -0.1) is 0 Å². The van der Waals surface area contributed by atoms with Crippen molar-refractivity contribution in [1.82, 2.24) is 10.2 Å². The van der Waals surface area contributed by atoms with Gasteiger partial charge in [0, 0.05) is 47.8 Å². The number of likely N-dealkylation sites (N-methyl/N-ethyl adjacent to an activating group) is 1. The summed E-state index contributed by atoms with van der Waals surface area (Å²) in [6.07, 6.45) is 0.999. The van der Waals surface area contributed by atoms with Gasteiger partial charge in [0.2, 0.25) is 21.8 Å². The molecule has 13 heteroatoms. The van der Waals surface area contributed by atoms with E-state index in [2.05, 4.69) is 5.32 Å². The van der Waals surface area contributed by atoms with Gasteiger partial charge in [-0.2, -0.15) is 0 Å². The Hall–Kier alpha value is -3.67. The maximum atomic E-state index is 13.9. The van der Waals surface area contributed by atoms with E-state index in [0.29, 0.717) is 5.56 Å². The van der Waals surface area contributed by atoms with Crippen LogP contribution in [0.25, 0.3) is 0 Å². The van der Waals surface area contributed by atoms with Gasteiger partial charge >= 0.3 is 0 Å². The van der Waals surface area contributed by atoms with Crippen LogP contribution in [0.15, 0.2) is 72.8 Å². The lowest BCUT2D eigenvalue weighted by Crippen LogP contribution is -2.53. The van der Waals surface area contributed by atoms with Crippen molar-refractivity contribution in [3.63, 3.8) is 0 Å². The normalized spacial score (nSPS) is 11.9. The highest BCUT2D eigenvalue weighted by molar-refractivity contribution is 7.92. The number of nitro groups is 1. The highest BCUT2D eigenvalue weighted by atomic mass is 35.5. The van der Waals surface area contributed by atoms with Crippen molar-refractivity contribution < 1.29 is 22.9 Å². The van der Waals surface area contributed by atoms with Crippen LogP contribution in [0.5, 0.6) is 0 Å². The summed E-state index contributed by atoms with van der Waals surface area (Å²) in [6, 6.07) is 17.7. The van der Waals surface area contributed by atoms with E-state index in [0.717, 1.165) is 22.2 Å². The van der Waals surface area contributed by atoms with Gasteiger partial charge in [0.1, 0.15) is 12.6 Å². The fourth-order valence-corrected chi connectivity index (χ4v) is 5.31. The number of carbonyl (C=O) groups excluding carboxylic acids is 2. The largest absolute Gasteiger partial charge is 0.357 e. The molecule has 0 radical (unpaired) electrons. The molecule has 0 fully saturated rings. The second-order valence-electron chi connectivity index (χ2n) is 8.59. The quantitative estimate of drug-likeness (QED) is 0.264. The molecule has 0 saturated carbocycles. The van der Waals surface area contributed by atoms with E-state index < -0.39 is 39.3 Å². The number of sulfonamides is 1. The lowest BCUT2D eigenvalue weighted by atomic mass is 10.0. The van der Waals surface area contributed by atoms with Gasteiger partial charge in [0.25, 0.3) is 5.69 Å². The Kier molecular flexibility index (Phi) is 9.90. The Bertz CT molecular complexity index is 1450. The van der Waals surface area contributed by atoms with Crippen molar-refractivity contribution in [3.05, 3.63) is 104 Å². The predicted octanol–water partition coefficient (Wildman–Crippen LogP) is 4.05. The topological polar surface area (TPSA) is 130 Å². The first-order valence-corrected chi connectivity index (χ1v) is 14.2. The van der Waals surface area contributed by atoms with Crippen LogP contribution >= 0.6 is 23.2 Å². The molecule has 3 aromatic rings. The van der Waals surface area contributed by atoms with Gasteiger partial charge in [0.15, 0.2) is 0 Å². The van der Waals surface area contributed by atoms with Crippen molar-refractivity contribution in [2.24, 2.45) is 0 Å². The monoisotopic (exact) mass is 592 g/mol. The van der Waals surface area contributed by atoms with Crippen molar-refractivity contribution in [2.45, 2.75) is 19.0 Å². The fraction of sp³-hybridized carbons (Fsp3) is 0.231. The first-order valence-electron chi connectivity index (χ1n) is 11.6. The van der Waals surface area contributed by atoms with Crippen LogP contribution in [0.4, 0.5) is 11.4 Å². The third-order valence-corrected chi connectivity index (χ3v) is 7.76. The smallest absolute Gasteiger partial charge is 0.271 e. The molecule has 0 heterocycles. The molecule has 39 heavy (non-hydrogen) atoms. The summed E-state index contributed by atoms with van der Waals surface area (Å²) in [5, 5.41) is 14.4. The maximum absolute atomic E-state index is 13.9. The number of nitro benzene ring substituents is 1.